The summed E-state index contributed by atoms with van der Waals surface area (Å²) >= 11 is 1.20. The molecule has 1 aliphatic carbocycles. The van der Waals surface area contributed by atoms with E-state index in [1.165, 1.54) is 15.6 Å². The van der Waals surface area contributed by atoms with Crippen LogP contribution in [0.3, 0.4) is 0 Å². The van der Waals surface area contributed by atoms with Crippen LogP contribution in [0, 0.1) is 18.3 Å². The molecule has 1 heterocycles. The quantitative estimate of drug-likeness (QED) is 0.799. The minimum absolute atomic E-state index is 0.134. The van der Waals surface area contributed by atoms with Crippen molar-refractivity contribution in [3.8, 4) is 12.3 Å². The third-order valence-electron chi connectivity index (χ3n) is 2.89. The molecule has 1 aromatic heterocycles. The molecule has 4 nitrogen and oxygen atoms in total. The molecule has 1 fully saturated rings. The lowest BCUT2D eigenvalue weighted by Gasteiger charge is -2.18. The maximum absolute atomic E-state index is 12.4. The Balaban J connectivity index is 2.22. The lowest BCUT2D eigenvalue weighted by molar-refractivity contribution is 0.431. The van der Waals surface area contributed by atoms with Gasteiger partial charge in [-0.05, 0) is 35.8 Å². The van der Waals surface area contributed by atoms with Crippen LogP contribution in [-0.2, 0) is 16.6 Å². The van der Waals surface area contributed by atoms with E-state index >= 15 is 0 Å². The van der Waals surface area contributed by atoms with Gasteiger partial charge in [-0.3, -0.25) is 0 Å². The Hall–Kier alpha value is -0.870. The molecule has 2 rings (SSSR count). The fourth-order valence-electron chi connectivity index (χ4n) is 1.66. The Labute approximate surface area is 112 Å². The molecule has 0 unspecified atom stereocenters. The summed E-state index contributed by atoms with van der Waals surface area (Å²) in [6.45, 7) is 1.01. The number of thiophene rings is 1. The number of terminal acetylenes is 1. The van der Waals surface area contributed by atoms with Gasteiger partial charge >= 0.3 is 0 Å². The lowest BCUT2D eigenvalue weighted by atomic mass is 10.4. The van der Waals surface area contributed by atoms with Gasteiger partial charge in [0.05, 0.1) is 6.54 Å². The third kappa shape index (κ3) is 2.93. The number of nitrogens with zero attached hydrogens (tertiary/aromatic N) is 1. The van der Waals surface area contributed by atoms with Crippen LogP contribution < -0.4 is 5.73 Å². The second-order valence-corrected chi connectivity index (χ2v) is 7.50. The number of sulfonamides is 1. The van der Waals surface area contributed by atoms with E-state index in [0.29, 0.717) is 23.2 Å². The van der Waals surface area contributed by atoms with Gasteiger partial charge in [0.25, 0.3) is 10.0 Å². The molecule has 0 spiro atoms. The lowest BCUT2D eigenvalue weighted by Crippen LogP contribution is -2.32. The maximum atomic E-state index is 12.4. The van der Waals surface area contributed by atoms with Crippen LogP contribution in [0.4, 0.5) is 0 Å². The van der Waals surface area contributed by atoms with Crippen LogP contribution in [0.2, 0.25) is 0 Å². The Kier molecular flexibility index (Phi) is 4.07. The van der Waals surface area contributed by atoms with Gasteiger partial charge < -0.3 is 5.73 Å². The zero-order chi connectivity index (χ0) is 13.2. The molecule has 0 saturated heterocycles. The van der Waals surface area contributed by atoms with Crippen molar-refractivity contribution in [3.05, 3.63) is 17.0 Å². The van der Waals surface area contributed by atoms with E-state index in [1.54, 1.807) is 11.4 Å². The highest BCUT2D eigenvalue weighted by atomic mass is 32.2. The van der Waals surface area contributed by atoms with Crippen molar-refractivity contribution in [1.82, 2.24) is 4.31 Å². The Bertz CT molecular complexity index is 553. The number of hydrogen-bond acceptors (Lipinski definition) is 4. The van der Waals surface area contributed by atoms with Crippen molar-refractivity contribution >= 4 is 21.4 Å². The van der Waals surface area contributed by atoms with Gasteiger partial charge in [0.2, 0.25) is 0 Å². The molecule has 98 valence electrons. The molecular formula is C12H16N2O2S2. The van der Waals surface area contributed by atoms with Gasteiger partial charge in [-0.2, -0.15) is 4.31 Å². The van der Waals surface area contributed by atoms with Crippen LogP contribution in [0.5, 0.6) is 0 Å². The highest BCUT2D eigenvalue weighted by Gasteiger charge is 2.31. The molecule has 18 heavy (non-hydrogen) atoms. The zero-order valence-electron chi connectivity index (χ0n) is 10.0. The molecule has 0 amide bonds. The highest BCUT2D eigenvalue weighted by molar-refractivity contribution is 7.91. The zero-order valence-corrected chi connectivity index (χ0v) is 11.6. The molecule has 0 aliphatic heterocycles. The summed E-state index contributed by atoms with van der Waals surface area (Å²) in [7, 11) is -3.45. The Morgan fingerprint density at radius 2 is 2.28 bits per heavy atom. The Morgan fingerprint density at radius 3 is 2.78 bits per heavy atom. The minimum Gasteiger partial charge on any atom is -0.326 e. The van der Waals surface area contributed by atoms with Crippen molar-refractivity contribution in [2.24, 2.45) is 11.7 Å². The summed E-state index contributed by atoms with van der Waals surface area (Å²) < 4.78 is 26.6. The first-order valence-electron chi connectivity index (χ1n) is 5.79. The highest BCUT2D eigenvalue weighted by Crippen LogP contribution is 2.32. The second-order valence-electron chi connectivity index (χ2n) is 4.42. The summed E-state index contributed by atoms with van der Waals surface area (Å²) in [6, 6.07) is 1.64. The average molecular weight is 284 g/mol. The van der Waals surface area contributed by atoms with Crippen molar-refractivity contribution < 1.29 is 8.42 Å². The molecule has 1 aliphatic rings. The molecule has 0 aromatic carbocycles. The normalized spacial score (nSPS) is 15.8. The Morgan fingerprint density at radius 1 is 1.56 bits per heavy atom. The first kappa shape index (κ1) is 13.6. The fraction of sp³-hybridized carbons (Fsp3) is 0.500. The van der Waals surface area contributed by atoms with Gasteiger partial charge in [0, 0.05) is 13.1 Å². The van der Waals surface area contributed by atoms with Crippen LogP contribution in [0.1, 0.15) is 18.4 Å². The van der Waals surface area contributed by atoms with E-state index in [2.05, 4.69) is 5.92 Å². The van der Waals surface area contributed by atoms with Gasteiger partial charge in [-0.15, -0.1) is 17.8 Å². The van der Waals surface area contributed by atoms with Gasteiger partial charge in [-0.1, -0.05) is 5.92 Å². The second kappa shape index (κ2) is 5.41. The summed E-state index contributed by atoms with van der Waals surface area (Å²) in [5.74, 6) is 2.90. The number of nitrogens with two attached hydrogens (primary N) is 1. The van der Waals surface area contributed by atoms with Crippen molar-refractivity contribution in [2.75, 3.05) is 13.1 Å². The summed E-state index contributed by atoms with van der Waals surface area (Å²) in [5, 5.41) is 1.78. The van der Waals surface area contributed by atoms with Gasteiger partial charge in [0.15, 0.2) is 0 Å². The largest absolute Gasteiger partial charge is 0.326 e. The molecular weight excluding hydrogens is 268 g/mol. The first-order valence-corrected chi connectivity index (χ1v) is 8.11. The molecule has 1 saturated carbocycles. The average Bonchev–Trinajstić information content (AvgIpc) is 3.02. The van der Waals surface area contributed by atoms with Crippen molar-refractivity contribution in [2.45, 2.75) is 23.6 Å². The topological polar surface area (TPSA) is 63.4 Å². The summed E-state index contributed by atoms with van der Waals surface area (Å²) in [6.07, 6.45) is 7.44. The maximum Gasteiger partial charge on any atom is 0.253 e. The van der Waals surface area contributed by atoms with Crippen LogP contribution >= 0.6 is 11.3 Å². The first-order chi connectivity index (χ1) is 8.57. The van der Waals surface area contributed by atoms with Crippen LogP contribution in [0.25, 0.3) is 0 Å². The molecule has 0 radical (unpaired) electrons. The third-order valence-corrected chi connectivity index (χ3v) is 6.16. The monoisotopic (exact) mass is 284 g/mol. The summed E-state index contributed by atoms with van der Waals surface area (Å²) in [4.78, 5) is 0. The summed E-state index contributed by atoms with van der Waals surface area (Å²) in [5.41, 5.74) is 6.34. The van der Waals surface area contributed by atoms with Crippen LogP contribution in [0.15, 0.2) is 15.7 Å². The van der Waals surface area contributed by atoms with Crippen LogP contribution in [-0.4, -0.2) is 25.8 Å². The molecule has 1 aromatic rings. The smallest absolute Gasteiger partial charge is 0.253 e. The molecule has 2 N–H and O–H groups in total. The van der Waals surface area contributed by atoms with E-state index in [9.17, 15) is 8.42 Å². The SMILES string of the molecule is C#CCN(CC1CC1)S(=O)(=O)c1cc(CN)cs1. The standard InChI is InChI=1S/C12H16N2O2S2/c1-2-5-14(8-10-3-4-10)18(15,16)12-6-11(7-13)9-17-12/h1,6,9-10H,3-5,7-8,13H2. The van der Waals surface area contributed by atoms with E-state index < -0.39 is 10.0 Å². The number of hydrogen-bond donors (Lipinski definition) is 1. The van der Waals surface area contributed by atoms with Gasteiger partial charge in [-0.25, -0.2) is 8.42 Å². The van der Waals surface area contributed by atoms with E-state index in [0.717, 1.165) is 18.4 Å². The van der Waals surface area contributed by atoms with E-state index in [1.807, 2.05) is 0 Å². The van der Waals surface area contributed by atoms with E-state index in [4.69, 9.17) is 12.2 Å². The fourth-order valence-corrected chi connectivity index (χ4v) is 4.47. The van der Waals surface area contributed by atoms with E-state index in [-0.39, 0.29) is 6.54 Å². The van der Waals surface area contributed by atoms with Crippen molar-refractivity contribution in [1.29, 1.82) is 0 Å². The minimum atomic E-state index is -3.45. The molecule has 6 heteroatoms. The predicted molar refractivity (Wildman–Crippen MR) is 72.5 cm³/mol. The van der Waals surface area contributed by atoms with Crippen molar-refractivity contribution in [3.63, 3.8) is 0 Å². The van der Waals surface area contributed by atoms with Gasteiger partial charge in [0.1, 0.15) is 4.21 Å². The predicted octanol–water partition coefficient (Wildman–Crippen LogP) is 1.24. The number of rotatable bonds is 6. The molecule has 0 bridgehead atoms. The molecule has 0 atom stereocenters.